The van der Waals surface area contributed by atoms with E-state index in [1.54, 1.807) is 0 Å². The fourth-order valence-electron chi connectivity index (χ4n) is 3.92. The van der Waals surface area contributed by atoms with Crippen molar-refractivity contribution >= 4 is 23.4 Å². The second-order valence-corrected chi connectivity index (χ2v) is 7.52. The molecule has 3 rings (SSSR count). The Balaban J connectivity index is 1.80. The third kappa shape index (κ3) is 3.75. The fraction of sp³-hybridized carbons (Fsp3) is 0.579. The maximum atomic E-state index is 12.4. The fourth-order valence-corrected chi connectivity index (χ4v) is 4.09. The molecule has 1 heterocycles. The van der Waals surface area contributed by atoms with Crippen molar-refractivity contribution in [3.8, 4) is 0 Å². The predicted octanol–water partition coefficient (Wildman–Crippen LogP) is 2.80. The average Bonchev–Trinajstić information content (AvgIpc) is 2.92. The van der Waals surface area contributed by atoms with Gasteiger partial charge in [0.2, 0.25) is 11.8 Å². The molecule has 1 N–H and O–H groups in total. The van der Waals surface area contributed by atoms with E-state index in [1.165, 1.54) is 29.5 Å². The Kier molecular flexibility index (Phi) is 5.14. The van der Waals surface area contributed by atoms with E-state index in [4.69, 9.17) is 11.6 Å². The van der Waals surface area contributed by atoms with Gasteiger partial charge in [0.25, 0.3) is 0 Å². The standard InChI is InChI=1S/C19H25ClN2O2/c1-19(10-9-17(23)21-19)13-22(18(24)11-20)12-15-7-4-6-14-5-2-3-8-16(14)15/h4,6-7H,2-3,5,8-13H2,1H3,(H,21,23). The number of carbonyl (C=O) groups excluding carboxylic acids is 2. The van der Waals surface area contributed by atoms with Crippen molar-refractivity contribution in [2.75, 3.05) is 12.4 Å². The molecule has 5 heteroatoms. The summed E-state index contributed by atoms with van der Waals surface area (Å²) in [6, 6.07) is 6.40. The first-order valence-corrected chi connectivity index (χ1v) is 9.28. The molecule has 1 aliphatic carbocycles. The molecule has 1 unspecified atom stereocenters. The van der Waals surface area contributed by atoms with Crippen LogP contribution in [0.25, 0.3) is 0 Å². The van der Waals surface area contributed by atoms with Crippen LogP contribution < -0.4 is 5.32 Å². The van der Waals surface area contributed by atoms with E-state index in [-0.39, 0.29) is 23.2 Å². The number of hydrogen-bond donors (Lipinski definition) is 1. The van der Waals surface area contributed by atoms with Gasteiger partial charge < -0.3 is 10.2 Å². The van der Waals surface area contributed by atoms with Crippen LogP contribution >= 0.6 is 11.6 Å². The number of rotatable bonds is 5. The summed E-state index contributed by atoms with van der Waals surface area (Å²) >= 11 is 5.84. The van der Waals surface area contributed by atoms with Crippen LogP contribution in [0.4, 0.5) is 0 Å². The monoisotopic (exact) mass is 348 g/mol. The molecule has 0 spiro atoms. The second kappa shape index (κ2) is 7.14. The molecule has 2 aliphatic rings. The molecular formula is C19H25ClN2O2. The first-order valence-electron chi connectivity index (χ1n) is 8.75. The summed E-state index contributed by atoms with van der Waals surface area (Å²) < 4.78 is 0. The molecule has 1 aromatic rings. The molecule has 0 radical (unpaired) electrons. The molecule has 1 fully saturated rings. The highest BCUT2D eigenvalue weighted by Gasteiger charge is 2.36. The summed E-state index contributed by atoms with van der Waals surface area (Å²) in [5.74, 6) is -0.0423. The van der Waals surface area contributed by atoms with Gasteiger partial charge in [-0.05, 0) is 55.7 Å². The smallest absolute Gasteiger partial charge is 0.237 e. The van der Waals surface area contributed by atoms with Gasteiger partial charge in [0.05, 0.1) is 5.54 Å². The summed E-state index contributed by atoms with van der Waals surface area (Å²) in [6.07, 6.45) is 5.94. The molecule has 0 aromatic heterocycles. The highest BCUT2D eigenvalue weighted by Crippen LogP contribution is 2.27. The summed E-state index contributed by atoms with van der Waals surface area (Å²) in [5.41, 5.74) is 3.68. The molecular weight excluding hydrogens is 324 g/mol. The third-order valence-electron chi connectivity index (χ3n) is 5.21. The highest BCUT2D eigenvalue weighted by atomic mass is 35.5. The van der Waals surface area contributed by atoms with Gasteiger partial charge in [0.15, 0.2) is 0 Å². The minimum Gasteiger partial charge on any atom is -0.349 e. The highest BCUT2D eigenvalue weighted by molar-refractivity contribution is 6.27. The molecule has 0 bridgehead atoms. The van der Waals surface area contributed by atoms with Crippen LogP contribution in [0.2, 0.25) is 0 Å². The van der Waals surface area contributed by atoms with Gasteiger partial charge in [0, 0.05) is 19.5 Å². The van der Waals surface area contributed by atoms with Crippen LogP contribution in [0.1, 0.15) is 49.3 Å². The Morgan fingerprint density at radius 2 is 2.08 bits per heavy atom. The number of benzene rings is 1. The zero-order valence-corrected chi connectivity index (χ0v) is 15.0. The molecule has 130 valence electrons. The van der Waals surface area contributed by atoms with Crippen LogP contribution in [-0.2, 0) is 29.0 Å². The van der Waals surface area contributed by atoms with E-state index >= 15 is 0 Å². The summed E-state index contributed by atoms with van der Waals surface area (Å²) in [4.78, 5) is 25.8. The maximum Gasteiger partial charge on any atom is 0.237 e. The summed E-state index contributed by atoms with van der Waals surface area (Å²) in [5, 5.41) is 3.01. The van der Waals surface area contributed by atoms with Crippen LogP contribution in [0.5, 0.6) is 0 Å². The van der Waals surface area contributed by atoms with Gasteiger partial charge in [-0.15, -0.1) is 11.6 Å². The van der Waals surface area contributed by atoms with Gasteiger partial charge in [-0.25, -0.2) is 0 Å². The van der Waals surface area contributed by atoms with Crippen molar-refractivity contribution in [1.29, 1.82) is 0 Å². The Hall–Kier alpha value is -1.55. The van der Waals surface area contributed by atoms with E-state index in [0.29, 0.717) is 19.5 Å². The predicted molar refractivity (Wildman–Crippen MR) is 95.0 cm³/mol. The lowest BCUT2D eigenvalue weighted by molar-refractivity contribution is -0.130. The molecule has 24 heavy (non-hydrogen) atoms. The number of nitrogens with one attached hydrogen (secondary N) is 1. The number of carbonyl (C=O) groups is 2. The lowest BCUT2D eigenvalue weighted by Crippen LogP contribution is -2.50. The normalized spacial score (nSPS) is 22.8. The Bertz CT molecular complexity index is 646. The molecule has 1 aromatic carbocycles. The van der Waals surface area contributed by atoms with Crippen molar-refractivity contribution in [2.45, 2.75) is 57.5 Å². The van der Waals surface area contributed by atoms with Gasteiger partial charge in [0.1, 0.15) is 5.88 Å². The van der Waals surface area contributed by atoms with Crippen molar-refractivity contribution in [3.63, 3.8) is 0 Å². The largest absolute Gasteiger partial charge is 0.349 e. The minimum absolute atomic E-state index is 0.0287. The van der Waals surface area contributed by atoms with Crippen LogP contribution in [0, 0.1) is 0 Å². The van der Waals surface area contributed by atoms with Crippen LogP contribution in [0.15, 0.2) is 18.2 Å². The van der Waals surface area contributed by atoms with E-state index < -0.39 is 0 Å². The number of halogens is 1. The molecule has 4 nitrogen and oxygen atoms in total. The van der Waals surface area contributed by atoms with Crippen molar-refractivity contribution in [3.05, 3.63) is 34.9 Å². The Labute approximate surface area is 148 Å². The summed E-state index contributed by atoms with van der Waals surface area (Å²) in [7, 11) is 0. The lowest BCUT2D eigenvalue weighted by Gasteiger charge is -2.33. The van der Waals surface area contributed by atoms with Gasteiger partial charge in [-0.1, -0.05) is 18.2 Å². The van der Waals surface area contributed by atoms with Gasteiger partial charge in [-0.3, -0.25) is 9.59 Å². The third-order valence-corrected chi connectivity index (χ3v) is 5.43. The number of nitrogens with zero attached hydrogens (tertiary/aromatic N) is 1. The molecule has 1 aliphatic heterocycles. The zero-order chi connectivity index (χ0) is 17.2. The SMILES string of the molecule is CC1(CN(Cc2cccc3c2CCCC3)C(=O)CCl)CCC(=O)N1. The topological polar surface area (TPSA) is 49.4 Å². The van der Waals surface area contributed by atoms with E-state index in [2.05, 4.69) is 23.5 Å². The second-order valence-electron chi connectivity index (χ2n) is 7.25. The number of aryl methyl sites for hydroxylation is 1. The van der Waals surface area contributed by atoms with Crippen molar-refractivity contribution in [1.82, 2.24) is 10.2 Å². The summed E-state index contributed by atoms with van der Waals surface area (Å²) in [6.45, 7) is 3.08. The van der Waals surface area contributed by atoms with E-state index in [1.807, 2.05) is 11.8 Å². The molecule has 1 atom stereocenters. The number of hydrogen-bond acceptors (Lipinski definition) is 2. The zero-order valence-electron chi connectivity index (χ0n) is 14.2. The Morgan fingerprint density at radius 1 is 1.29 bits per heavy atom. The van der Waals surface area contributed by atoms with E-state index in [9.17, 15) is 9.59 Å². The maximum absolute atomic E-state index is 12.4. The first-order chi connectivity index (χ1) is 11.5. The Morgan fingerprint density at radius 3 is 2.79 bits per heavy atom. The van der Waals surface area contributed by atoms with Crippen LogP contribution in [-0.4, -0.2) is 34.7 Å². The molecule has 1 saturated heterocycles. The number of amides is 2. The van der Waals surface area contributed by atoms with Crippen molar-refractivity contribution < 1.29 is 9.59 Å². The van der Waals surface area contributed by atoms with Gasteiger partial charge in [-0.2, -0.15) is 0 Å². The van der Waals surface area contributed by atoms with E-state index in [0.717, 1.165) is 19.3 Å². The minimum atomic E-state index is -0.354. The molecule has 2 amide bonds. The number of alkyl halides is 1. The quantitative estimate of drug-likeness (QED) is 0.832. The lowest BCUT2D eigenvalue weighted by atomic mass is 9.88. The van der Waals surface area contributed by atoms with Crippen molar-refractivity contribution in [2.24, 2.45) is 0 Å². The molecule has 0 saturated carbocycles. The first kappa shape index (κ1) is 17.3. The number of fused-ring (bicyclic) bond motifs is 1. The van der Waals surface area contributed by atoms with Crippen LogP contribution in [0.3, 0.4) is 0 Å². The average molecular weight is 349 g/mol. The van der Waals surface area contributed by atoms with Gasteiger partial charge >= 0.3 is 0 Å².